The molecule has 0 aromatic heterocycles. The van der Waals surface area contributed by atoms with Gasteiger partial charge in [-0.3, -0.25) is 0 Å². The van der Waals surface area contributed by atoms with Crippen molar-refractivity contribution in [2.45, 2.75) is 50.6 Å². The first-order valence-electron chi connectivity index (χ1n) is 7.25. The number of hydrogen-bond acceptors (Lipinski definition) is 5. The van der Waals surface area contributed by atoms with Gasteiger partial charge in [0.1, 0.15) is 12.9 Å². The zero-order valence-electron chi connectivity index (χ0n) is 13.3. The Kier molecular flexibility index (Phi) is 4.23. The fraction of sp³-hybridized carbons (Fsp3) is 0.857. The second kappa shape index (κ2) is 5.25. The Morgan fingerprint density at radius 3 is 2.33 bits per heavy atom. The second-order valence-corrected chi connectivity index (χ2v) is 8.16. The minimum absolute atomic E-state index is 0.121. The molecule has 0 aromatic rings. The summed E-state index contributed by atoms with van der Waals surface area (Å²) in [5, 5.41) is 6.10. The highest BCUT2D eigenvalue weighted by atomic mass is 32.2. The molecule has 5 unspecified atom stereocenters. The van der Waals surface area contributed by atoms with Gasteiger partial charge >= 0.3 is 11.2 Å². The van der Waals surface area contributed by atoms with Crippen molar-refractivity contribution in [1.82, 2.24) is 0 Å². The van der Waals surface area contributed by atoms with Gasteiger partial charge in [-0.25, -0.2) is 13.4 Å². The minimum atomic E-state index is -4.62. The Labute approximate surface area is 139 Å². The number of ether oxygens (including phenoxy) is 1. The van der Waals surface area contributed by atoms with Crippen LogP contribution in [0.3, 0.4) is 0 Å². The molecule has 6 nitrogen and oxygen atoms in total. The van der Waals surface area contributed by atoms with Crippen molar-refractivity contribution < 1.29 is 41.4 Å². The minimum Gasteiger partial charge on any atom is -0.460 e. The average Bonchev–Trinajstić information content (AvgIpc) is 2.73. The summed E-state index contributed by atoms with van der Waals surface area (Å²) in [4.78, 5) is 23.9. The summed E-state index contributed by atoms with van der Waals surface area (Å²) >= 11 is -3.78. The Hall–Kier alpha value is -1.00. The molecule has 2 N–H and O–H groups in total. The van der Waals surface area contributed by atoms with Crippen molar-refractivity contribution >= 4 is 23.3 Å². The highest BCUT2D eigenvalue weighted by Crippen LogP contribution is 2.86. The van der Waals surface area contributed by atoms with Crippen LogP contribution >= 0.6 is 0 Å². The van der Waals surface area contributed by atoms with E-state index >= 15 is 0 Å². The summed E-state index contributed by atoms with van der Waals surface area (Å²) in [6, 6.07) is 0. The number of aldehydes is 1. The molecular formula is C14H19F3O6S. The highest BCUT2D eigenvalue weighted by molar-refractivity contribution is 7.80. The Morgan fingerprint density at radius 2 is 1.92 bits per heavy atom. The van der Waals surface area contributed by atoms with E-state index in [2.05, 4.69) is 4.74 Å². The zero-order valence-corrected chi connectivity index (χ0v) is 14.2. The van der Waals surface area contributed by atoms with Gasteiger partial charge in [-0.05, 0) is 23.7 Å². The van der Waals surface area contributed by atoms with Gasteiger partial charge in [-0.1, -0.05) is 20.8 Å². The lowest BCUT2D eigenvalue weighted by molar-refractivity contribution is -0.179. The summed E-state index contributed by atoms with van der Waals surface area (Å²) in [5.74, 6) is -1.38. The van der Waals surface area contributed by atoms with Crippen LogP contribution in [0.1, 0.15) is 33.6 Å². The topological polar surface area (TPSA) is 101 Å². The molecule has 2 aliphatic carbocycles. The third-order valence-corrected chi connectivity index (χ3v) is 7.01. The monoisotopic (exact) mass is 372 g/mol. The average molecular weight is 372 g/mol. The summed E-state index contributed by atoms with van der Waals surface area (Å²) < 4.78 is 62.7. The van der Waals surface area contributed by atoms with Gasteiger partial charge in [0.15, 0.2) is 5.60 Å². The van der Waals surface area contributed by atoms with Gasteiger partial charge < -0.3 is 19.2 Å². The van der Waals surface area contributed by atoms with Gasteiger partial charge in [-0.2, -0.15) is 8.78 Å². The maximum absolute atomic E-state index is 13.4. The van der Waals surface area contributed by atoms with Gasteiger partial charge in [0.25, 0.3) is 0 Å². The lowest BCUT2D eigenvalue weighted by Gasteiger charge is -2.31. The van der Waals surface area contributed by atoms with Crippen LogP contribution in [0.2, 0.25) is 0 Å². The van der Waals surface area contributed by atoms with Crippen molar-refractivity contribution in [2.75, 3.05) is 6.61 Å². The molecule has 0 radical (unpaired) electrons. The molecule has 0 aromatic carbocycles. The summed E-state index contributed by atoms with van der Waals surface area (Å²) in [5.41, 5.74) is -5.08. The number of alkyl halides is 3. The predicted octanol–water partition coefficient (Wildman–Crippen LogP) is 1.44. The number of halogens is 3. The first-order valence-corrected chi connectivity index (χ1v) is 8.36. The fourth-order valence-corrected chi connectivity index (χ4v) is 4.74. The number of hydrogen-bond donors (Lipinski definition) is 2. The van der Waals surface area contributed by atoms with Crippen molar-refractivity contribution in [3.05, 3.63) is 0 Å². The molecule has 0 amide bonds. The molecular weight excluding hydrogens is 353 g/mol. The van der Waals surface area contributed by atoms with E-state index in [-0.39, 0.29) is 6.42 Å². The third-order valence-electron chi connectivity index (χ3n) is 6.28. The quantitative estimate of drug-likeness (QED) is 0.416. The van der Waals surface area contributed by atoms with Gasteiger partial charge in [0, 0.05) is 0 Å². The van der Waals surface area contributed by atoms with Crippen LogP contribution in [0, 0.1) is 16.2 Å². The van der Waals surface area contributed by atoms with Gasteiger partial charge in [0.2, 0.25) is 17.3 Å². The first kappa shape index (κ1) is 19.3. The van der Waals surface area contributed by atoms with E-state index in [0.717, 1.165) is 0 Å². The lowest BCUT2D eigenvalue weighted by Crippen LogP contribution is -2.51. The summed E-state index contributed by atoms with van der Waals surface area (Å²) in [6.07, 6.45) is -2.53. The molecule has 0 saturated heterocycles. The highest BCUT2D eigenvalue weighted by Gasteiger charge is 2.91. The molecule has 2 rings (SSSR count). The molecule has 24 heavy (non-hydrogen) atoms. The van der Waals surface area contributed by atoms with Crippen LogP contribution in [0.25, 0.3) is 0 Å². The fourth-order valence-electron chi connectivity index (χ4n) is 4.45. The normalized spacial score (nSPS) is 39.7. The Balaban J connectivity index is 2.17. The van der Waals surface area contributed by atoms with Crippen LogP contribution < -0.4 is 0 Å². The predicted molar refractivity (Wildman–Crippen MR) is 76.1 cm³/mol. The molecule has 10 heteroatoms. The SMILES string of the molecule is CC1(C)C2(C)CCC(O)(C(=O)OCC(F)C(F)(F)S(=O)O)C12C=O. The maximum Gasteiger partial charge on any atom is 0.378 e. The number of carbonyl (C=O) groups is 2. The molecule has 2 saturated carbocycles. The van der Waals surface area contributed by atoms with E-state index in [4.69, 9.17) is 4.55 Å². The zero-order chi connectivity index (χ0) is 18.8. The molecule has 2 fully saturated rings. The van der Waals surface area contributed by atoms with Crippen LogP contribution in [0.5, 0.6) is 0 Å². The first-order chi connectivity index (χ1) is 10.8. The number of carbonyl (C=O) groups excluding carboxylic acids is 2. The lowest BCUT2D eigenvalue weighted by atomic mass is 9.79. The smallest absolute Gasteiger partial charge is 0.378 e. The van der Waals surface area contributed by atoms with Gasteiger partial charge in [-0.15, -0.1) is 0 Å². The van der Waals surface area contributed by atoms with E-state index < -0.39 is 56.9 Å². The molecule has 0 bridgehead atoms. The van der Waals surface area contributed by atoms with E-state index in [9.17, 15) is 32.1 Å². The van der Waals surface area contributed by atoms with E-state index in [1.54, 1.807) is 20.8 Å². The van der Waals surface area contributed by atoms with Crippen LogP contribution in [0.4, 0.5) is 13.2 Å². The third kappa shape index (κ3) is 1.93. The molecule has 2 aliphatic rings. The van der Waals surface area contributed by atoms with Crippen molar-refractivity contribution in [1.29, 1.82) is 0 Å². The number of aliphatic hydroxyl groups is 1. The van der Waals surface area contributed by atoms with Crippen LogP contribution in [-0.4, -0.2) is 49.8 Å². The molecule has 0 spiro atoms. The summed E-state index contributed by atoms with van der Waals surface area (Å²) in [6.45, 7) is 3.61. The molecule has 0 aliphatic heterocycles. The number of fused-ring (bicyclic) bond motifs is 1. The molecule has 5 atom stereocenters. The molecule has 0 heterocycles. The molecule has 138 valence electrons. The number of rotatable bonds is 6. The van der Waals surface area contributed by atoms with Crippen molar-refractivity contribution in [3.63, 3.8) is 0 Å². The largest absolute Gasteiger partial charge is 0.460 e. The van der Waals surface area contributed by atoms with Crippen molar-refractivity contribution in [3.8, 4) is 0 Å². The summed E-state index contributed by atoms with van der Waals surface area (Å²) in [7, 11) is 0. The Morgan fingerprint density at radius 1 is 1.38 bits per heavy atom. The maximum atomic E-state index is 13.4. The van der Waals surface area contributed by atoms with Crippen LogP contribution in [0.15, 0.2) is 0 Å². The van der Waals surface area contributed by atoms with Gasteiger partial charge in [0.05, 0.1) is 5.41 Å². The van der Waals surface area contributed by atoms with Crippen LogP contribution in [-0.2, 0) is 25.4 Å². The van der Waals surface area contributed by atoms with Crippen molar-refractivity contribution in [2.24, 2.45) is 16.2 Å². The Bertz CT molecular complexity index is 611. The number of esters is 1. The van der Waals surface area contributed by atoms with E-state index in [1.807, 2.05) is 0 Å². The van der Waals surface area contributed by atoms with E-state index in [0.29, 0.717) is 12.7 Å². The van der Waals surface area contributed by atoms with E-state index in [1.165, 1.54) is 0 Å². The standard InChI is InChI=1S/C14H19F3O6S/c1-10(2)11(3)4-5-12(20,13(10,11)7-18)9(19)23-6-8(15)14(16,17)24(21)22/h7-8,20H,4-6H2,1-3H3,(H,21,22). The second-order valence-electron chi connectivity index (χ2n) is 7.12.